The van der Waals surface area contributed by atoms with Gasteiger partial charge in [-0.05, 0) is 59.9 Å². The molecule has 0 aromatic heterocycles. The average Bonchev–Trinajstić information content (AvgIpc) is 2.79. The van der Waals surface area contributed by atoms with E-state index in [1.807, 2.05) is 37.5 Å². The van der Waals surface area contributed by atoms with Crippen molar-refractivity contribution in [2.75, 3.05) is 32.3 Å². The van der Waals surface area contributed by atoms with Crippen LogP contribution in [0.15, 0.2) is 60.3 Å². The molecule has 0 bridgehead atoms. The summed E-state index contributed by atoms with van der Waals surface area (Å²) in [5, 5.41) is 0. The summed E-state index contributed by atoms with van der Waals surface area (Å²) in [5.41, 5.74) is 7.64. The van der Waals surface area contributed by atoms with Gasteiger partial charge in [-0.1, -0.05) is 18.2 Å². The van der Waals surface area contributed by atoms with Gasteiger partial charge in [-0.2, -0.15) is 0 Å². The number of ether oxygens (including phenoxy) is 3. The summed E-state index contributed by atoms with van der Waals surface area (Å²) in [6, 6.07) is 14.0. The summed E-state index contributed by atoms with van der Waals surface area (Å²) in [5.74, 6) is 1.47. The molecule has 1 unspecified atom stereocenters. The maximum absolute atomic E-state index is 5.99. The Morgan fingerprint density at radius 2 is 1.97 bits per heavy atom. The van der Waals surface area contributed by atoms with Crippen molar-refractivity contribution < 1.29 is 19.0 Å². The number of anilines is 1. The van der Waals surface area contributed by atoms with Gasteiger partial charge in [-0.3, -0.25) is 0 Å². The summed E-state index contributed by atoms with van der Waals surface area (Å²) in [7, 11) is 3.75. The largest absolute Gasteiger partial charge is 0.489 e. The second-order valence-electron chi connectivity index (χ2n) is 7.39. The Balaban J connectivity index is 1.33. The van der Waals surface area contributed by atoms with Gasteiger partial charge in [0.2, 0.25) is 0 Å². The van der Waals surface area contributed by atoms with Crippen LogP contribution in [0, 0.1) is 0 Å². The molecule has 1 saturated heterocycles. The van der Waals surface area contributed by atoms with Gasteiger partial charge in [-0.25, -0.2) is 5.48 Å². The van der Waals surface area contributed by atoms with Crippen molar-refractivity contribution in [2.24, 2.45) is 0 Å². The predicted octanol–water partition coefficient (Wildman–Crippen LogP) is 4.28. The first-order valence-electron chi connectivity index (χ1n) is 10.2. The molecule has 0 radical (unpaired) electrons. The summed E-state index contributed by atoms with van der Waals surface area (Å²) in [6.45, 7) is 2.04. The van der Waals surface area contributed by atoms with Crippen LogP contribution in [-0.2, 0) is 16.1 Å². The summed E-state index contributed by atoms with van der Waals surface area (Å²) >= 11 is 0. The van der Waals surface area contributed by atoms with E-state index in [-0.39, 0.29) is 6.23 Å². The minimum atomic E-state index is -0.0296. The van der Waals surface area contributed by atoms with Crippen molar-refractivity contribution in [2.45, 2.75) is 25.7 Å². The number of nitrogens with zero attached hydrogens (tertiary/aromatic N) is 1. The standard InChI is InChI=1S/C24H28N2O4/c1-26-23-8-6-19(14-20(23)7-9-24(26)27-2)17-29-21-4-3-5-22(15-21)30-25-16-18-10-12-28-13-11-18/h3-9,14-16,24-25H,10-13,17H2,1-2H3. The Bertz CT molecular complexity index is 917. The highest BCUT2D eigenvalue weighted by Gasteiger charge is 2.18. The van der Waals surface area contributed by atoms with Crippen LogP contribution in [0.4, 0.5) is 5.69 Å². The molecule has 4 rings (SSSR count). The first-order chi connectivity index (χ1) is 14.7. The maximum Gasteiger partial charge on any atom is 0.158 e. The summed E-state index contributed by atoms with van der Waals surface area (Å²) in [6.07, 6.45) is 7.92. The van der Waals surface area contributed by atoms with Crippen LogP contribution in [0.2, 0.25) is 0 Å². The maximum atomic E-state index is 5.99. The lowest BCUT2D eigenvalue weighted by Gasteiger charge is -2.31. The zero-order valence-electron chi connectivity index (χ0n) is 17.5. The fourth-order valence-electron chi connectivity index (χ4n) is 3.59. The molecule has 1 fully saturated rings. The topological polar surface area (TPSA) is 52.2 Å². The van der Waals surface area contributed by atoms with Crippen LogP contribution >= 0.6 is 0 Å². The zero-order chi connectivity index (χ0) is 20.8. The molecule has 6 nitrogen and oxygen atoms in total. The third-order valence-corrected chi connectivity index (χ3v) is 5.32. The third kappa shape index (κ3) is 4.96. The Morgan fingerprint density at radius 1 is 1.13 bits per heavy atom. The van der Waals surface area contributed by atoms with Crippen molar-refractivity contribution in [3.8, 4) is 11.5 Å². The van der Waals surface area contributed by atoms with Gasteiger partial charge in [0.25, 0.3) is 0 Å². The number of hydroxylamine groups is 1. The van der Waals surface area contributed by atoms with Gasteiger partial charge in [0.05, 0.1) is 13.2 Å². The van der Waals surface area contributed by atoms with Crippen LogP contribution in [-0.4, -0.2) is 33.6 Å². The number of hydrogen-bond acceptors (Lipinski definition) is 6. The second-order valence-corrected chi connectivity index (χ2v) is 7.39. The number of nitrogens with one attached hydrogen (secondary N) is 1. The molecule has 2 aromatic rings. The minimum absolute atomic E-state index is 0.0296. The lowest BCUT2D eigenvalue weighted by atomic mass is 10.0. The molecule has 1 N–H and O–H groups in total. The second kappa shape index (κ2) is 9.69. The molecule has 6 heteroatoms. The number of fused-ring (bicyclic) bond motifs is 1. The average molecular weight is 408 g/mol. The van der Waals surface area contributed by atoms with Crippen molar-refractivity contribution in [3.05, 3.63) is 71.4 Å². The molecular formula is C24H28N2O4. The fraction of sp³-hybridized carbons (Fsp3) is 0.333. The van der Waals surface area contributed by atoms with Gasteiger partial charge < -0.3 is 23.9 Å². The van der Waals surface area contributed by atoms with E-state index in [0.29, 0.717) is 12.4 Å². The number of benzene rings is 2. The highest BCUT2D eigenvalue weighted by atomic mass is 16.6. The predicted molar refractivity (Wildman–Crippen MR) is 117 cm³/mol. The minimum Gasteiger partial charge on any atom is -0.489 e. The number of hydrogen-bond donors (Lipinski definition) is 1. The van der Waals surface area contributed by atoms with E-state index in [2.05, 4.69) is 40.7 Å². The lowest BCUT2D eigenvalue weighted by Crippen LogP contribution is -2.33. The Morgan fingerprint density at radius 3 is 2.80 bits per heavy atom. The molecular weight excluding hydrogens is 380 g/mol. The molecule has 2 aliphatic rings. The van der Waals surface area contributed by atoms with Crippen LogP contribution in [0.3, 0.4) is 0 Å². The lowest BCUT2D eigenvalue weighted by molar-refractivity contribution is 0.117. The summed E-state index contributed by atoms with van der Waals surface area (Å²) in [4.78, 5) is 7.75. The van der Waals surface area contributed by atoms with E-state index >= 15 is 0 Å². The normalized spacial score (nSPS) is 18.0. The highest BCUT2D eigenvalue weighted by Crippen LogP contribution is 2.29. The van der Waals surface area contributed by atoms with Gasteiger partial charge in [0.15, 0.2) is 5.75 Å². The monoisotopic (exact) mass is 408 g/mol. The van der Waals surface area contributed by atoms with Gasteiger partial charge >= 0.3 is 0 Å². The fourth-order valence-corrected chi connectivity index (χ4v) is 3.59. The molecule has 2 aromatic carbocycles. The van der Waals surface area contributed by atoms with Crippen molar-refractivity contribution in [1.29, 1.82) is 0 Å². The summed E-state index contributed by atoms with van der Waals surface area (Å²) < 4.78 is 16.8. The molecule has 0 saturated carbocycles. The van der Waals surface area contributed by atoms with Gasteiger partial charge in [-0.15, -0.1) is 0 Å². The van der Waals surface area contributed by atoms with E-state index < -0.39 is 0 Å². The van der Waals surface area contributed by atoms with E-state index in [1.165, 1.54) is 5.57 Å². The molecule has 30 heavy (non-hydrogen) atoms. The molecule has 0 spiro atoms. The van der Waals surface area contributed by atoms with E-state index in [1.54, 1.807) is 7.11 Å². The van der Waals surface area contributed by atoms with Crippen LogP contribution in [0.25, 0.3) is 6.08 Å². The van der Waals surface area contributed by atoms with E-state index in [4.69, 9.17) is 19.0 Å². The van der Waals surface area contributed by atoms with Crippen molar-refractivity contribution >= 4 is 11.8 Å². The highest BCUT2D eigenvalue weighted by molar-refractivity contribution is 5.72. The smallest absolute Gasteiger partial charge is 0.158 e. The molecule has 158 valence electrons. The Hall–Kier alpha value is -2.96. The Kier molecular flexibility index (Phi) is 6.57. The number of methoxy groups -OCH3 is 1. The number of rotatable bonds is 7. The van der Waals surface area contributed by atoms with Crippen LogP contribution in [0.1, 0.15) is 24.0 Å². The first kappa shape index (κ1) is 20.3. The van der Waals surface area contributed by atoms with Crippen molar-refractivity contribution in [3.63, 3.8) is 0 Å². The molecule has 0 amide bonds. The molecule has 1 atom stereocenters. The quantitative estimate of drug-likeness (QED) is 0.690. The molecule has 2 heterocycles. The van der Waals surface area contributed by atoms with Crippen LogP contribution in [0.5, 0.6) is 11.5 Å². The van der Waals surface area contributed by atoms with E-state index in [9.17, 15) is 0 Å². The van der Waals surface area contributed by atoms with E-state index in [0.717, 1.165) is 48.6 Å². The number of likely N-dealkylation sites (N-methyl/N-ethyl adjacent to an activating group) is 1. The first-order valence-corrected chi connectivity index (χ1v) is 10.2. The molecule has 2 aliphatic heterocycles. The van der Waals surface area contributed by atoms with Crippen LogP contribution < -0.4 is 20.0 Å². The van der Waals surface area contributed by atoms with Crippen molar-refractivity contribution in [1.82, 2.24) is 5.48 Å². The zero-order valence-corrected chi connectivity index (χ0v) is 17.5. The van der Waals surface area contributed by atoms with Gasteiger partial charge in [0, 0.05) is 32.1 Å². The Labute approximate surface area is 177 Å². The molecule has 0 aliphatic carbocycles. The SMILES string of the molecule is COC1C=Cc2cc(COc3cccc(ONC=C4CCOCC4)c3)ccc2N1C. The third-order valence-electron chi connectivity index (χ3n) is 5.32. The van der Waals surface area contributed by atoms with Gasteiger partial charge in [0.1, 0.15) is 18.6 Å².